The first-order valence-corrected chi connectivity index (χ1v) is 8.93. The van der Waals surface area contributed by atoms with E-state index in [1.807, 2.05) is 31.2 Å². The van der Waals surface area contributed by atoms with Gasteiger partial charge in [-0.15, -0.1) is 0 Å². The van der Waals surface area contributed by atoms with Crippen molar-refractivity contribution in [2.24, 2.45) is 0 Å². The van der Waals surface area contributed by atoms with Gasteiger partial charge >= 0.3 is 10.2 Å². The molecule has 23 heavy (non-hydrogen) atoms. The minimum Gasteiger partial charge on any atom is -0.496 e. The zero-order valence-electron chi connectivity index (χ0n) is 13.2. The topological polar surface area (TPSA) is 87.3 Å². The Morgan fingerprint density at radius 1 is 1.26 bits per heavy atom. The van der Waals surface area contributed by atoms with E-state index in [0.29, 0.717) is 24.7 Å². The van der Waals surface area contributed by atoms with Crippen LogP contribution < -0.4 is 9.46 Å². The van der Waals surface area contributed by atoms with Crippen LogP contribution >= 0.6 is 0 Å². The van der Waals surface area contributed by atoms with Crippen LogP contribution in [0.15, 0.2) is 24.3 Å². The van der Waals surface area contributed by atoms with Gasteiger partial charge in [-0.3, -0.25) is 9.82 Å². The van der Waals surface area contributed by atoms with Crippen LogP contribution in [0, 0.1) is 6.92 Å². The monoisotopic (exact) mass is 336 g/mol. The first-order valence-electron chi connectivity index (χ1n) is 7.49. The fourth-order valence-electron chi connectivity index (χ4n) is 2.73. The molecule has 0 aliphatic carbocycles. The van der Waals surface area contributed by atoms with E-state index in [1.165, 1.54) is 4.31 Å². The molecule has 124 valence electrons. The second-order valence-corrected chi connectivity index (χ2v) is 7.16. The van der Waals surface area contributed by atoms with Crippen molar-refractivity contribution >= 4 is 16.0 Å². The Kier molecular flexibility index (Phi) is 4.27. The van der Waals surface area contributed by atoms with Gasteiger partial charge in [0.1, 0.15) is 5.75 Å². The standard InChI is InChI=1S/C15H20N4O3S/c1-11-14(12-7-3-4-8-13(12)22-2)16-17-15(11)18-23(20,21)19-9-5-6-10-19/h3-4,7-8H,5-6,9-10H2,1-2H3,(H2,16,17,18). The van der Waals surface area contributed by atoms with Gasteiger partial charge < -0.3 is 4.74 Å². The number of aromatic amines is 1. The molecule has 7 nitrogen and oxygen atoms in total. The maximum absolute atomic E-state index is 12.4. The molecule has 1 aromatic carbocycles. The van der Waals surface area contributed by atoms with E-state index in [-0.39, 0.29) is 0 Å². The highest BCUT2D eigenvalue weighted by molar-refractivity contribution is 7.90. The molecule has 1 aliphatic rings. The second kappa shape index (κ2) is 6.21. The molecule has 0 saturated carbocycles. The molecule has 1 aromatic heterocycles. The maximum Gasteiger partial charge on any atom is 0.302 e. The Balaban J connectivity index is 1.90. The van der Waals surface area contributed by atoms with E-state index in [0.717, 1.165) is 29.7 Å². The van der Waals surface area contributed by atoms with E-state index in [1.54, 1.807) is 7.11 Å². The van der Waals surface area contributed by atoms with Crippen LogP contribution in [-0.2, 0) is 10.2 Å². The van der Waals surface area contributed by atoms with E-state index in [9.17, 15) is 8.42 Å². The molecule has 2 aromatic rings. The van der Waals surface area contributed by atoms with Gasteiger partial charge in [-0.1, -0.05) is 12.1 Å². The number of hydrogen-bond acceptors (Lipinski definition) is 4. The summed E-state index contributed by atoms with van der Waals surface area (Å²) in [6.07, 6.45) is 1.79. The van der Waals surface area contributed by atoms with Crippen molar-refractivity contribution in [2.45, 2.75) is 19.8 Å². The van der Waals surface area contributed by atoms with Gasteiger partial charge in [-0.25, -0.2) is 0 Å². The Bertz CT molecular complexity index is 795. The molecule has 0 unspecified atom stereocenters. The predicted octanol–water partition coefficient (Wildman–Crippen LogP) is 2.15. The molecule has 1 saturated heterocycles. The summed E-state index contributed by atoms with van der Waals surface area (Å²) in [6.45, 7) is 2.93. The van der Waals surface area contributed by atoms with Gasteiger partial charge in [-0.05, 0) is 31.9 Å². The predicted molar refractivity (Wildman–Crippen MR) is 88.7 cm³/mol. The molecule has 0 spiro atoms. The summed E-state index contributed by atoms with van der Waals surface area (Å²) in [5.74, 6) is 1.02. The van der Waals surface area contributed by atoms with Crippen molar-refractivity contribution in [3.05, 3.63) is 29.8 Å². The number of rotatable bonds is 5. The molecule has 0 radical (unpaired) electrons. The van der Waals surface area contributed by atoms with Gasteiger partial charge in [0.15, 0.2) is 5.82 Å². The third-order valence-electron chi connectivity index (χ3n) is 4.02. The Labute approximate surface area is 135 Å². The van der Waals surface area contributed by atoms with Crippen molar-refractivity contribution in [3.63, 3.8) is 0 Å². The van der Waals surface area contributed by atoms with Crippen LogP contribution in [0.5, 0.6) is 5.75 Å². The summed E-state index contributed by atoms with van der Waals surface area (Å²) in [6, 6.07) is 7.53. The number of nitrogens with one attached hydrogen (secondary N) is 2. The molecule has 1 fully saturated rings. The Morgan fingerprint density at radius 3 is 2.65 bits per heavy atom. The molecule has 0 atom stereocenters. The van der Waals surface area contributed by atoms with E-state index >= 15 is 0 Å². The lowest BCUT2D eigenvalue weighted by Gasteiger charge is -2.15. The summed E-state index contributed by atoms with van der Waals surface area (Å²) in [5, 5.41) is 7.03. The van der Waals surface area contributed by atoms with Crippen LogP contribution in [0.4, 0.5) is 5.82 Å². The number of methoxy groups -OCH3 is 1. The molecule has 0 amide bonds. The van der Waals surface area contributed by atoms with Crippen LogP contribution in [0.3, 0.4) is 0 Å². The first kappa shape index (κ1) is 15.8. The highest BCUT2D eigenvalue weighted by Gasteiger charge is 2.27. The van der Waals surface area contributed by atoms with E-state index in [4.69, 9.17) is 4.74 Å². The summed E-state index contributed by atoms with van der Waals surface area (Å²) in [4.78, 5) is 0. The van der Waals surface area contributed by atoms with Crippen LogP contribution in [0.25, 0.3) is 11.3 Å². The quantitative estimate of drug-likeness (QED) is 0.876. The second-order valence-electron chi connectivity index (χ2n) is 5.49. The van der Waals surface area contributed by atoms with Crippen LogP contribution in [0.2, 0.25) is 0 Å². The van der Waals surface area contributed by atoms with Gasteiger partial charge in [0.2, 0.25) is 0 Å². The zero-order valence-corrected chi connectivity index (χ0v) is 14.0. The number of nitrogens with zero attached hydrogens (tertiary/aromatic N) is 2. The molecule has 8 heteroatoms. The third kappa shape index (κ3) is 3.04. The maximum atomic E-state index is 12.4. The number of ether oxygens (including phenoxy) is 1. The Morgan fingerprint density at radius 2 is 1.96 bits per heavy atom. The van der Waals surface area contributed by atoms with Gasteiger partial charge in [0.25, 0.3) is 0 Å². The number of anilines is 1. The average molecular weight is 336 g/mol. The molecular formula is C15H20N4O3S. The third-order valence-corrected chi connectivity index (χ3v) is 5.51. The average Bonchev–Trinajstić information content (AvgIpc) is 3.19. The molecular weight excluding hydrogens is 316 g/mol. The normalized spacial score (nSPS) is 15.7. The first-order chi connectivity index (χ1) is 11.0. The minimum atomic E-state index is -3.55. The van der Waals surface area contributed by atoms with Crippen molar-refractivity contribution in [3.8, 4) is 17.0 Å². The smallest absolute Gasteiger partial charge is 0.302 e. The van der Waals surface area contributed by atoms with E-state index in [2.05, 4.69) is 14.9 Å². The number of benzene rings is 1. The summed E-state index contributed by atoms with van der Waals surface area (Å²) >= 11 is 0. The largest absolute Gasteiger partial charge is 0.496 e. The number of para-hydroxylation sites is 1. The minimum absolute atomic E-state index is 0.317. The van der Waals surface area contributed by atoms with Crippen molar-refractivity contribution in [2.75, 3.05) is 24.9 Å². The van der Waals surface area contributed by atoms with Gasteiger partial charge in [0, 0.05) is 24.2 Å². The fourth-order valence-corrected chi connectivity index (χ4v) is 4.04. The van der Waals surface area contributed by atoms with Crippen LogP contribution in [-0.4, -0.2) is 43.1 Å². The van der Waals surface area contributed by atoms with E-state index < -0.39 is 10.2 Å². The van der Waals surface area contributed by atoms with Crippen LogP contribution in [0.1, 0.15) is 18.4 Å². The zero-order chi connectivity index (χ0) is 16.4. The lowest BCUT2D eigenvalue weighted by atomic mass is 10.1. The van der Waals surface area contributed by atoms with Crippen molar-refractivity contribution in [1.82, 2.24) is 14.5 Å². The summed E-state index contributed by atoms with van der Waals surface area (Å²) in [5.41, 5.74) is 2.31. The summed E-state index contributed by atoms with van der Waals surface area (Å²) in [7, 11) is -1.95. The fraction of sp³-hybridized carbons (Fsp3) is 0.400. The lowest BCUT2D eigenvalue weighted by Crippen LogP contribution is -2.33. The van der Waals surface area contributed by atoms with Crippen molar-refractivity contribution in [1.29, 1.82) is 0 Å². The molecule has 2 heterocycles. The molecule has 0 bridgehead atoms. The highest BCUT2D eigenvalue weighted by Crippen LogP contribution is 2.33. The SMILES string of the molecule is COc1ccccc1-c1[nH]nc(NS(=O)(=O)N2CCCC2)c1C. The molecule has 1 aliphatic heterocycles. The van der Waals surface area contributed by atoms with Gasteiger partial charge in [-0.2, -0.15) is 17.8 Å². The molecule has 3 rings (SSSR count). The van der Waals surface area contributed by atoms with Crippen molar-refractivity contribution < 1.29 is 13.2 Å². The van der Waals surface area contributed by atoms with Gasteiger partial charge in [0.05, 0.1) is 12.8 Å². The highest BCUT2D eigenvalue weighted by atomic mass is 32.2. The number of aromatic nitrogens is 2. The lowest BCUT2D eigenvalue weighted by molar-refractivity contribution is 0.416. The number of H-pyrrole nitrogens is 1. The Hall–Kier alpha value is -2.06. The number of hydrogen-bond donors (Lipinski definition) is 2. The summed E-state index contributed by atoms with van der Waals surface area (Å²) < 4.78 is 34.1. The molecule has 2 N–H and O–H groups in total.